The van der Waals surface area contributed by atoms with Crippen molar-refractivity contribution in [3.05, 3.63) is 76.2 Å². The minimum Gasteiger partial charge on any atom is -0.494 e. The van der Waals surface area contributed by atoms with Crippen LogP contribution < -0.4 is 20.9 Å². The Labute approximate surface area is 195 Å². The van der Waals surface area contributed by atoms with E-state index in [-0.39, 0.29) is 22.2 Å². The number of carbonyl (C=O) groups excluding carboxylic acids is 1. The van der Waals surface area contributed by atoms with Gasteiger partial charge in [-0.3, -0.25) is 9.59 Å². The predicted octanol–water partition coefficient (Wildman–Crippen LogP) is 5.57. The molecule has 3 aromatic rings. The van der Waals surface area contributed by atoms with Crippen LogP contribution in [-0.4, -0.2) is 30.7 Å². The number of halogens is 3. The van der Waals surface area contributed by atoms with Crippen LogP contribution in [0.15, 0.2) is 59.5 Å². The summed E-state index contributed by atoms with van der Waals surface area (Å²) >= 11 is 0. The van der Waals surface area contributed by atoms with Gasteiger partial charge in [0.2, 0.25) is 0 Å². The molecule has 0 aliphatic rings. The van der Waals surface area contributed by atoms with Crippen molar-refractivity contribution in [2.45, 2.75) is 32.4 Å². The molecule has 0 unspecified atom stereocenters. The van der Waals surface area contributed by atoms with Crippen LogP contribution in [0, 0.1) is 0 Å². The maximum atomic E-state index is 13.0. The summed E-state index contributed by atoms with van der Waals surface area (Å²) in [6, 6.07) is 12.6. The van der Waals surface area contributed by atoms with Gasteiger partial charge in [0.15, 0.2) is 0 Å². The maximum absolute atomic E-state index is 13.0. The summed E-state index contributed by atoms with van der Waals surface area (Å²) in [6.45, 7) is 4.79. The zero-order valence-electron chi connectivity index (χ0n) is 19.3. The number of nitrogens with one attached hydrogen (secondary N) is 3. The van der Waals surface area contributed by atoms with Crippen LogP contribution in [0.1, 0.15) is 36.7 Å². The molecule has 3 rings (SSSR count). The standard InChI is InChI=1S/C25H26F3N3O3/c1-24(2,3)19-12-16(18-6-5-11-29-23(18)33)13-20(21(19)34-4)31-22(32)15-7-9-17(10-8-15)30-14-25(26,27)28/h5-13,30H,14H2,1-4H3,(H,29,33)(H,31,32). The maximum Gasteiger partial charge on any atom is 0.405 e. The van der Waals surface area contributed by atoms with Gasteiger partial charge >= 0.3 is 6.18 Å². The number of ether oxygens (including phenoxy) is 1. The van der Waals surface area contributed by atoms with Crippen molar-refractivity contribution in [3.63, 3.8) is 0 Å². The second-order valence-electron chi connectivity index (χ2n) is 8.77. The first kappa shape index (κ1) is 24.9. The van der Waals surface area contributed by atoms with E-state index >= 15 is 0 Å². The predicted molar refractivity (Wildman–Crippen MR) is 127 cm³/mol. The Morgan fingerprint density at radius 2 is 1.74 bits per heavy atom. The van der Waals surface area contributed by atoms with Crippen molar-refractivity contribution >= 4 is 17.3 Å². The summed E-state index contributed by atoms with van der Waals surface area (Å²) in [4.78, 5) is 28.0. The second kappa shape index (κ2) is 9.62. The number of H-pyrrole nitrogens is 1. The molecule has 0 fully saturated rings. The Balaban J connectivity index is 1.97. The van der Waals surface area contributed by atoms with Gasteiger partial charge in [0, 0.05) is 28.6 Å². The largest absolute Gasteiger partial charge is 0.494 e. The lowest BCUT2D eigenvalue weighted by atomic mass is 9.84. The fourth-order valence-electron chi connectivity index (χ4n) is 3.44. The number of rotatable bonds is 6. The van der Waals surface area contributed by atoms with Gasteiger partial charge in [-0.1, -0.05) is 20.8 Å². The molecule has 0 saturated heterocycles. The average molecular weight is 473 g/mol. The topological polar surface area (TPSA) is 83.2 Å². The molecule has 0 saturated carbocycles. The second-order valence-corrected chi connectivity index (χ2v) is 8.77. The molecular formula is C25H26F3N3O3. The van der Waals surface area contributed by atoms with Crippen molar-refractivity contribution < 1.29 is 22.7 Å². The number of alkyl halides is 3. The minimum absolute atomic E-state index is 0.242. The lowest BCUT2D eigenvalue weighted by Crippen LogP contribution is -2.21. The minimum atomic E-state index is -4.34. The fraction of sp³-hybridized carbons (Fsp3) is 0.280. The van der Waals surface area contributed by atoms with E-state index in [9.17, 15) is 22.8 Å². The molecule has 0 radical (unpaired) electrons. The van der Waals surface area contributed by atoms with Crippen molar-refractivity contribution in [2.75, 3.05) is 24.3 Å². The molecule has 9 heteroatoms. The SMILES string of the molecule is COc1c(NC(=O)c2ccc(NCC(F)(F)F)cc2)cc(-c2ccc[nH]c2=O)cc1C(C)(C)C. The summed E-state index contributed by atoms with van der Waals surface area (Å²) in [6.07, 6.45) is -2.81. The molecule has 6 nitrogen and oxygen atoms in total. The molecule has 3 N–H and O–H groups in total. The van der Waals surface area contributed by atoms with Crippen LogP contribution in [0.25, 0.3) is 11.1 Å². The van der Waals surface area contributed by atoms with E-state index in [1.807, 2.05) is 26.8 Å². The van der Waals surface area contributed by atoms with E-state index in [0.29, 0.717) is 22.6 Å². The lowest BCUT2D eigenvalue weighted by Gasteiger charge is -2.25. The molecule has 180 valence electrons. The number of hydrogen-bond acceptors (Lipinski definition) is 4. The van der Waals surface area contributed by atoms with E-state index in [4.69, 9.17) is 4.74 Å². The van der Waals surface area contributed by atoms with Crippen LogP contribution in [0.5, 0.6) is 5.75 Å². The summed E-state index contributed by atoms with van der Waals surface area (Å²) in [5, 5.41) is 5.08. The monoisotopic (exact) mass is 473 g/mol. The van der Waals surface area contributed by atoms with Crippen molar-refractivity contribution in [1.82, 2.24) is 4.98 Å². The van der Waals surface area contributed by atoms with Gasteiger partial charge in [-0.2, -0.15) is 13.2 Å². The first-order valence-corrected chi connectivity index (χ1v) is 10.5. The summed E-state index contributed by atoms with van der Waals surface area (Å²) < 4.78 is 42.8. The molecule has 0 aliphatic heterocycles. The summed E-state index contributed by atoms with van der Waals surface area (Å²) in [5.74, 6) is -0.0138. The molecule has 2 aromatic carbocycles. The smallest absolute Gasteiger partial charge is 0.405 e. The number of hydrogen-bond donors (Lipinski definition) is 3. The fourth-order valence-corrected chi connectivity index (χ4v) is 3.44. The van der Waals surface area contributed by atoms with Gasteiger partial charge in [-0.05, 0) is 59.5 Å². The molecule has 34 heavy (non-hydrogen) atoms. The Kier molecular flexibility index (Phi) is 7.04. The Bertz CT molecular complexity index is 1230. The first-order valence-electron chi connectivity index (χ1n) is 10.5. The molecule has 0 spiro atoms. The summed E-state index contributed by atoms with van der Waals surface area (Å²) in [5.41, 5.74) is 2.06. The van der Waals surface area contributed by atoms with Gasteiger partial charge in [0.25, 0.3) is 11.5 Å². The molecule has 1 amide bonds. The summed E-state index contributed by atoms with van der Waals surface area (Å²) in [7, 11) is 1.50. The quantitative estimate of drug-likeness (QED) is 0.437. The van der Waals surface area contributed by atoms with E-state index in [1.165, 1.54) is 37.6 Å². The van der Waals surface area contributed by atoms with Gasteiger partial charge in [0.05, 0.1) is 12.8 Å². The molecule has 1 aromatic heterocycles. The number of anilines is 2. The Morgan fingerprint density at radius 3 is 2.29 bits per heavy atom. The average Bonchev–Trinajstić information content (AvgIpc) is 2.76. The van der Waals surface area contributed by atoms with Crippen molar-refractivity contribution in [1.29, 1.82) is 0 Å². The Hall–Kier alpha value is -3.75. The van der Waals surface area contributed by atoms with E-state index in [1.54, 1.807) is 18.2 Å². The van der Waals surface area contributed by atoms with E-state index < -0.39 is 18.6 Å². The molecule has 0 atom stereocenters. The van der Waals surface area contributed by atoms with Crippen molar-refractivity contribution in [2.24, 2.45) is 0 Å². The van der Waals surface area contributed by atoms with Gasteiger partial charge in [-0.15, -0.1) is 0 Å². The number of aromatic nitrogens is 1. The highest BCUT2D eigenvalue weighted by Crippen LogP contribution is 2.40. The number of methoxy groups -OCH3 is 1. The molecule has 0 aliphatic carbocycles. The zero-order valence-corrected chi connectivity index (χ0v) is 19.3. The van der Waals surface area contributed by atoms with E-state index in [0.717, 1.165) is 5.56 Å². The van der Waals surface area contributed by atoms with Crippen LogP contribution in [0.2, 0.25) is 0 Å². The van der Waals surface area contributed by atoms with Crippen LogP contribution in [-0.2, 0) is 5.41 Å². The highest BCUT2D eigenvalue weighted by Gasteiger charge is 2.27. The number of amides is 1. The van der Waals surface area contributed by atoms with Crippen LogP contribution >= 0.6 is 0 Å². The molecular weight excluding hydrogens is 447 g/mol. The number of carbonyl (C=O) groups is 1. The third-order valence-electron chi connectivity index (χ3n) is 5.12. The highest BCUT2D eigenvalue weighted by molar-refractivity contribution is 6.05. The Morgan fingerprint density at radius 1 is 1.06 bits per heavy atom. The van der Waals surface area contributed by atoms with Crippen molar-refractivity contribution in [3.8, 4) is 16.9 Å². The number of benzene rings is 2. The van der Waals surface area contributed by atoms with Gasteiger partial charge in [-0.25, -0.2) is 0 Å². The zero-order chi connectivity index (χ0) is 25.1. The van der Waals surface area contributed by atoms with Gasteiger partial charge in [0.1, 0.15) is 12.3 Å². The number of aromatic amines is 1. The van der Waals surface area contributed by atoms with Crippen LogP contribution in [0.3, 0.4) is 0 Å². The van der Waals surface area contributed by atoms with Gasteiger partial charge < -0.3 is 20.4 Å². The third-order valence-corrected chi connectivity index (χ3v) is 5.12. The highest BCUT2D eigenvalue weighted by atomic mass is 19.4. The number of pyridine rings is 1. The molecule has 1 heterocycles. The first-order chi connectivity index (χ1) is 15.9. The molecule has 0 bridgehead atoms. The third kappa shape index (κ3) is 5.98. The van der Waals surface area contributed by atoms with Crippen LogP contribution in [0.4, 0.5) is 24.5 Å². The normalized spacial score (nSPS) is 11.7. The van der Waals surface area contributed by atoms with E-state index in [2.05, 4.69) is 15.6 Å². The lowest BCUT2D eigenvalue weighted by molar-refractivity contribution is -0.115.